The Labute approximate surface area is 147 Å². The molecule has 0 saturated heterocycles. The van der Waals surface area contributed by atoms with Crippen molar-refractivity contribution in [2.24, 2.45) is 0 Å². The molecule has 2 N–H and O–H groups in total. The number of hydrogen-bond donors (Lipinski definition) is 2. The number of pyridine rings is 2. The molecule has 0 spiro atoms. The molecule has 1 aromatic carbocycles. The molecule has 0 bridgehead atoms. The second-order valence-corrected chi connectivity index (χ2v) is 5.46. The van der Waals surface area contributed by atoms with Crippen LogP contribution in [0.5, 0.6) is 0 Å². The van der Waals surface area contributed by atoms with Crippen molar-refractivity contribution in [1.29, 1.82) is 5.26 Å². The van der Waals surface area contributed by atoms with Gasteiger partial charge in [0.15, 0.2) is 0 Å². The number of halogens is 3. The number of anilines is 2. The molecule has 0 amide bonds. The van der Waals surface area contributed by atoms with Crippen LogP contribution in [-0.2, 0) is 6.18 Å². The molecule has 3 aromatic rings. The second-order valence-electron chi connectivity index (χ2n) is 5.46. The third-order valence-corrected chi connectivity index (χ3v) is 3.72. The minimum Gasteiger partial charge on any atom is -0.382 e. The van der Waals surface area contributed by atoms with Gasteiger partial charge in [-0.05, 0) is 18.2 Å². The predicted octanol–water partition coefficient (Wildman–Crippen LogP) is 4.04. The van der Waals surface area contributed by atoms with Crippen molar-refractivity contribution in [3.05, 3.63) is 59.9 Å². The molecule has 0 aliphatic rings. The summed E-state index contributed by atoms with van der Waals surface area (Å²) in [5, 5.41) is 16.2. The van der Waals surface area contributed by atoms with E-state index in [4.69, 9.17) is 0 Å². The van der Waals surface area contributed by atoms with E-state index in [1.807, 2.05) is 24.3 Å². The fraction of sp³-hybridized carbons (Fsp3) is 0.167. The fourth-order valence-corrected chi connectivity index (χ4v) is 2.46. The number of para-hydroxylation sites is 1. The Morgan fingerprint density at radius 2 is 1.73 bits per heavy atom. The van der Waals surface area contributed by atoms with E-state index >= 15 is 0 Å². The highest BCUT2D eigenvalue weighted by Gasteiger charge is 2.30. The molecule has 0 radical (unpaired) electrons. The van der Waals surface area contributed by atoms with Gasteiger partial charge in [-0.3, -0.25) is 4.98 Å². The number of fused-ring (bicyclic) bond motifs is 1. The summed E-state index contributed by atoms with van der Waals surface area (Å²) in [5.41, 5.74) is 1.09. The monoisotopic (exact) mass is 357 g/mol. The highest BCUT2D eigenvalue weighted by Crippen LogP contribution is 2.29. The van der Waals surface area contributed by atoms with Gasteiger partial charge >= 0.3 is 6.18 Å². The van der Waals surface area contributed by atoms with Crippen LogP contribution >= 0.6 is 0 Å². The summed E-state index contributed by atoms with van der Waals surface area (Å²) in [6, 6.07) is 11.8. The molecule has 2 heterocycles. The van der Waals surface area contributed by atoms with E-state index in [-0.39, 0.29) is 0 Å². The lowest BCUT2D eigenvalue weighted by Gasteiger charge is -2.12. The van der Waals surface area contributed by atoms with E-state index in [0.717, 1.165) is 23.2 Å². The van der Waals surface area contributed by atoms with Gasteiger partial charge in [0.05, 0.1) is 22.3 Å². The predicted molar refractivity (Wildman–Crippen MR) is 92.7 cm³/mol. The fourth-order valence-electron chi connectivity index (χ4n) is 2.46. The first-order chi connectivity index (χ1) is 12.5. The van der Waals surface area contributed by atoms with Crippen molar-refractivity contribution in [3.63, 3.8) is 0 Å². The van der Waals surface area contributed by atoms with Crippen molar-refractivity contribution < 1.29 is 13.2 Å². The van der Waals surface area contributed by atoms with E-state index in [0.29, 0.717) is 30.2 Å². The van der Waals surface area contributed by atoms with Crippen LogP contribution in [-0.4, -0.2) is 23.1 Å². The van der Waals surface area contributed by atoms with E-state index in [9.17, 15) is 18.4 Å². The number of hydrogen-bond acceptors (Lipinski definition) is 5. The Bertz CT molecular complexity index is 946. The summed E-state index contributed by atoms with van der Waals surface area (Å²) in [6.07, 6.45) is -2.10. The van der Waals surface area contributed by atoms with Gasteiger partial charge in [0.2, 0.25) is 0 Å². The van der Waals surface area contributed by atoms with Crippen molar-refractivity contribution in [3.8, 4) is 6.07 Å². The average Bonchev–Trinajstić information content (AvgIpc) is 2.64. The van der Waals surface area contributed by atoms with Gasteiger partial charge in [-0.25, -0.2) is 4.98 Å². The molecule has 0 aliphatic heterocycles. The summed E-state index contributed by atoms with van der Waals surface area (Å²) < 4.78 is 37.5. The number of nitrogens with one attached hydrogen (secondary N) is 2. The summed E-state index contributed by atoms with van der Waals surface area (Å²) >= 11 is 0. The summed E-state index contributed by atoms with van der Waals surface area (Å²) in [4.78, 5) is 7.99. The number of nitriles is 1. The first kappa shape index (κ1) is 17.5. The van der Waals surface area contributed by atoms with Crippen molar-refractivity contribution in [2.75, 3.05) is 23.7 Å². The van der Waals surface area contributed by atoms with Crippen LogP contribution < -0.4 is 10.6 Å². The summed E-state index contributed by atoms with van der Waals surface area (Å²) in [5.74, 6) is 0.347. The van der Waals surface area contributed by atoms with Crippen LogP contribution in [0.1, 0.15) is 11.1 Å². The highest BCUT2D eigenvalue weighted by molar-refractivity contribution is 5.93. The number of alkyl halides is 3. The molecule has 0 fully saturated rings. The van der Waals surface area contributed by atoms with Gasteiger partial charge in [-0.2, -0.15) is 18.4 Å². The van der Waals surface area contributed by atoms with E-state index in [1.54, 1.807) is 0 Å². The lowest BCUT2D eigenvalue weighted by Crippen LogP contribution is -2.15. The van der Waals surface area contributed by atoms with Crippen molar-refractivity contribution >= 4 is 22.4 Å². The van der Waals surface area contributed by atoms with E-state index in [1.165, 1.54) is 12.3 Å². The molecule has 0 unspecified atom stereocenters. The van der Waals surface area contributed by atoms with Gasteiger partial charge < -0.3 is 10.6 Å². The topological polar surface area (TPSA) is 73.6 Å². The van der Waals surface area contributed by atoms with Crippen LogP contribution in [0, 0.1) is 11.3 Å². The number of benzene rings is 1. The van der Waals surface area contributed by atoms with Crippen LogP contribution in [0.3, 0.4) is 0 Å². The number of rotatable bonds is 5. The zero-order valence-corrected chi connectivity index (χ0v) is 13.5. The molecule has 2 aromatic heterocycles. The lowest BCUT2D eigenvalue weighted by molar-refractivity contribution is -0.137. The Balaban J connectivity index is 1.64. The van der Waals surface area contributed by atoms with Crippen LogP contribution in [0.4, 0.5) is 24.7 Å². The zero-order valence-electron chi connectivity index (χ0n) is 13.5. The van der Waals surface area contributed by atoms with Crippen LogP contribution in [0.2, 0.25) is 0 Å². The quantitative estimate of drug-likeness (QED) is 0.674. The molecular formula is C18H14F3N5. The van der Waals surface area contributed by atoms with Gasteiger partial charge in [0.1, 0.15) is 11.9 Å². The average molecular weight is 357 g/mol. The minimum absolute atomic E-state index is 0.347. The molecule has 0 atom stereocenters. The molecule has 26 heavy (non-hydrogen) atoms. The number of nitrogens with zero attached hydrogens (tertiary/aromatic N) is 3. The third-order valence-electron chi connectivity index (χ3n) is 3.72. The normalized spacial score (nSPS) is 11.2. The SMILES string of the molecule is N#Cc1cnc2ccccc2c1NCCNc1ccc(C(F)(F)F)cn1. The highest BCUT2D eigenvalue weighted by atomic mass is 19.4. The molecule has 0 aliphatic carbocycles. The van der Waals surface area contributed by atoms with Crippen molar-refractivity contribution in [2.45, 2.75) is 6.18 Å². The standard InChI is InChI=1S/C18H14F3N5/c19-18(20,21)13-5-6-16(26-11-13)23-7-8-24-17-12(9-22)10-25-15-4-2-1-3-14(15)17/h1-6,10-11H,7-8H2,(H,23,26)(H,24,25). The third kappa shape index (κ3) is 3.83. The maximum absolute atomic E-state index is 12.5. The van der Waals surface area contributed by atoms with Gasteiger partial charge in [0, 0.05) is 30.9 Å². The molecular weight excluding hydrogens is 343 g/mol. The van der Waals surface area contributed by atoms with Gasteiger partial charge in [0.25, 0.3) is 0 Å². The largest absolute Gasteiger partial charge is 0.417 e. The van der Waals surface area contributed by atoms with Crippen LogP contribution in [0.15, 0.2) is 48.8 Å². The molecule has 3 rings (SSSR count). The zero-order chi connectivity index (χ0) is 18.6. The molecule has 0 saturated carbocycles. The number of aromatic nitrogens is 2. The Kier molecular flexibility index (Phi) is 4.89. The first-order valence-corrected chi connectivity index (χ1v) is 7.78. The van der Waals surface area contributed by atoms with Crippen LogP contribution in [0.25, 0.3) is 10.9 Å². The van der Waals surface area contributed by atoms with E-state index in [2.05, 4.69) is 26.7 Å². The molecule has 5 nitrogen and oxygen atoms in total. The second kappa shape index (κ2) is 7.27. The first-order valence-electron chi connectivity index (χ1n) is 7.78. The summed E-state index contributed by atoms with van der Waals surface area (Å²) in [7, 11) is 0. The summed E-state index contributed by atoms with van der Waals surface area (Å²) in [6.45, 7) is 0.866. The lowest BCUT2D eigenvalue weighted by atomic mass is 10.1. The van der Waals surface area contributed by atoms with Crippen molar-refractivity contribution in [1.82, 2.24) is 9.97 Å². The smallest absolute Gasteiger partial charge is 0.382 e. The minimum atomic E-state index is -4.40. The molecule has 132 valence electrons. The van der Waals surface area contributed by atoms with Gasteiger partial charge in [-0.1, -0.05) is 18.2 Å². The maximum atomic E-state index is 12.5. The maximum Gasteiger partial charge on any atom is 0.417 e. The Morgan fingerprint density at radius 3 is 2.42 bits per heavy atom. The van der Waals surface area contributed by atoms with Gasteiger partial charge in [-0.15, -0.1) is 0 Å². The molecule has 8 heteroatoms. The Morgan fingerprint density at radius 1 is 0.962 bits per heavy atom. The Hall–Kier alpha value is -3.34. The van der Waals surface area contributed by atoms with E-state index < -0.39 is 11.7 Å².